The summed E-state index contributed by atoms with van der Waals surface area (Å²) in [6.45, 7) is 11.0. The number of aliphatic hydroxyl groups excluding tert-OH is 1. The van der Waals surface area contributed by atoms with Gasteiger partial charge in [0.2, 0.25) is 5.91 Å². The molecule has 0 aromatic heterocycles. The van der Waals surface area contributed by atoms with E-state index in [2.05, 4.69) is 20.1 Å². The van der Waals surface area contributed by atoms with Gasteiger partial charge in [-0.2, -0.15) is 0 Å². The average Bonchev–Trinajstić information content (AvgIpc) is 3.59. The van der Waals surface area contributed by atoms with E-state index in [9.17, 15) is 19.5 Å². The summed E-state index contributed by atoms with van der Waals surface area (Å²) < 4.78 is 4.65. The second-order valence-corrected chi connectivity index (χ2v) is 14.5. The minimum absolute atomic E-state index is 0.105. The van der Waals surface area contributed by atoms with Crippen molar-refractivity contribution in [3.8, 4) is 0 Å². The Kier molecular flexibility index (Phi) is 10.2. The van der Waals surface area contributed by atoms with Crippen LogP contribution >= 0.6 is 11.8 Å². The molecule has 2 bridgehead atoms. The summed E-state index contributed by atoms with van der Waals surface area (Å²) in [5.74, 6) is -1.72. The van der Waals surface area contributed by atoms with Gasteiger partial charge in [0, 0.05) is 30.1 Å². The number of rotatable bonds is 16. The topological polar surface area (TPSA) is 87.1 Å². The molecular weight excluding hydrogens is 572 g/mol. The number of unbranched alkanes of at least 4 members (excludes halogenated alkanes) is 5. The molecule has 1 spiro atoms. The van der Waals surface area contributed by atoms with Gasteiger partial charge in [-0.15, -0.1) is 24.9 Å². The van der Waals surface area contributed by atoms with Gasteiger partial charge < -0.3 is 19.6 Å². The van der Waals surface area contributed by atoms with Crippen LogP contribution < -0.4 is 4.90 Å². The molecule has 1 N–H and O–H groups in total. The van der Waals surface area contributed by atoms with Gasteiger partial charge in [-0.1, -0.05) is 55.3 Å². The Morgan fingerprint density at radius 3 is 2.57 bits per heavy atom. The van der Waals surface area contributed by atoms with Gasteiger partial charge in [0.25, 0.3) is 5.91 Å². The molecule has 3 aliphatic rings. The maximum absolute atomic E-state index is 14.9. The molecule has 0 aliphatic carbocycles. The van der Waals surface area contributed by atoms with E-state index in [1.54, 1.807) is 27.6 Å². The average molecular weight is 619 g/mol. The smallest absolute Gasteiger partial charge is 0.311 e. The number of anilines is 1. The molecule has 2 unspecified atom stereocenters. The minimum Gasteiger partial charge on any atom is -0.465 e. The summed E-state index contributed by atoms with van der Waals surface area (Å²) in [5, 5.41) is 11.4. The molecule has 5 rings (SSSR count). The van der Waals surface area contributed by atoms with Gasteiger partial charge in [-0.05, 0) is 74.8 Å². The van der Waals surface area contributed by atoms with E-state index in [0.717, 1.165) is 61.4 Å². The van der Waals surface area contributed by atoms with Gasteiger partial charge in [0.15, 0.2) is 0 Å². The standard InChI is InChI=1S/C36H46N2O5S/c1-4-6-7-14-24-43-34(42)30-29-32(40)38(22-12-8-9-13-23-39)31(36(29)20-19-35(30,3)44-36)33(41)37(21-5-2)28-18-17-26-15-10-11-16-27(26)25-28/h4-5,10-11,15-18,25,29-31,39H,1-2,6-9,12-14,19-24H2,3H3/t29-,30+,31?,35-,36?/m0/s1. The molecule has 5 atom stereocenters. The Bertz CT molecular complexity index is 1400. The van der Waals surface area contributed by atoms with E-state index in [1.807, 2.05) is 48.5 Å². The molecule has 3 aliphatic heterocycles. The highest BCUT2D eigenvalue weighted by Crippen LogP contribution is 2.71. The Balaban J connectivity index is 1.48. The van der Waals surface area contributed by atoms with Crippen molar-refractivity contribution in [3.05, 3.63) is 67.8 Å². The number of fused-ring (bicyclic) bond motifs is 2. The molecule has 2 amide bonds. The van der Waals surface area contributed by atoms with E-state index < -0.39 is 27.4 Å². The fourth-order valence-electron chi connectivity index (χ4n) is 7.65. The van der Waals surface area contributed by atoms with Crippen molar-refractivity contribution in [1.29, 1.82) is 0 Å². The first-order valence-electron chi connectivity index (χ1n) is 16.1. The number of amides is 2. The lowest BCUT2D eigenvalue weighted by Gasteiger charge is -2.37. The van der Waals surface area contributed by atoms with E-state index in [0.29, 0.717) is 32.5 Å². The molecule has 0 saturated carbocycles. The zero-order valence-corrected chi connectivity index (χ0v) is 26.7. The number of carbonyl (C=O) groups is 3. The number of allylic oxidation sites excluding steroid dienone is 1. The quantitative estimate of drug-likeness (QED) is 0.135. The predicted molar refractivity (Wildman–Crippen MR) is 178 cm³/mol. The molecule has 236 valence electrons. The Labute approximate surface area is 265 Å². The zero-order valence-electron chi connectivity index (χ0n) is 25.9. The fraction of sp³-hybridized carbons (Fsp3) is 0.528. The summed E-state index contributed by atoms with van der Waals surface area (Å²) in [6, 6.07) is 13.4. The van der Waals surface area contributed by atoms with Crippen LogP contribution in [0.1, 0.15) is 64.7 Å². The highest BCUT2D eigenvalue weighted by molar-refractivity contribution is 8.02. The maximum atomic E-state index is 14.9. The normalized spacial score (nSPS) is 27.0. The molecule has 8 heteroatoms. The molecule has 2 aromatic carbocycles. The lowest BCUT2D eigenvalue weighted by molar-refractivity contribution is -0.155. The van der Waals surface area contributed by atoms with Crippen LogP contribution in [0, 0.1) is 11.8 Å². The first-order valence-corrected chi connectivity index (χ1v) is 16.9. The highest BCUT2D eigenvalue weighted by Gasteiger charge is 2.77. The van der Waals surface area contributed by atoms with Crippen LogP contribution in [-0.4, -0.2) is 69.6 Å². The number of hydrogen-bond donors (Lipinski definition) is 1. The van der Waals surface area contributed by atoms with E-state index in [1.165, 1.54) is 0 Å². The van der Waals surface area contributed by atoms with Crippen molar-refractivity contribution < 1.29 is 24.2 Å². The Hall–Kier alpha value is -3.10. The first-order chi connectivity index (χ1) is 21.3. The number of benzene rings is 2. The summed E-state index contributed by atoms with van der Waals surface area (Å²) in [7, 11) is 0. The van der Waals surface area contributed by atoms with E-state index in [-0.39, 0.29) is 24.4 Å². The summed E-state index contributed by atoms with van der Waals surface area (Å²) in [5.41, 5.74) is 0.767. The Morgan fingerprint density at radius 1 is 1.05 bits per heavy atom. The number of carbonyl (C=O) groups excluding carboxylic acids is 3. The zero-order chi connectivity index (χ0) is 31.3. The number of ether oxygens (including phenoxy) is 1. The van der Waals surface area contributed by atoms with Crippen LogP contribution in [0.25, 0.3) is 10.8 Å². The van der Waals surface area contributed by atoms with Crippen molar-refractivity contribution in [2.45, 2.75) is 80.2 Å². The van der Waals surface area contributed by atoms with Crippen molar-refractivity contribution >= 4 is 46.0 Å². The Morgan fingerprint density at radius 2 is 1.82 bits per heavy atom. The fourth-order valence-corrected chi connectivity index (χ4v) is 9.99. The maximum Gasteiger partial charge on any atom is 0.311 e. The van der Waals surface area contributed by atoms with Crippen LogP contribution in [0.5, 0.6) is 0 Å². The number of aliphatic hydroxyl groups is 1. The van der Waals surface area contributed by atoms with Crippen LogP contribution in [0.4, 0.5) is 5.69 Å². The second kappa shape index (κ2) is 13.9. The number of esters is 1. The third kappa shape index (κ3) is 5.95. The first kappa shape index (κ1) is 32.3. The van der Waals surface area contributed by atoms with Crippen molar-refractivity contribution in [2.75, 3.05) is 31.2 Å². The summed E-state index contributed by atoms with van der Waals surface area (Å²) in [4.78, 5) is 46.5. The SMILES string of the molecule is C=CCCCCOC(=O)[C@H]1[C@H]2C(=O)N(CCCCCCO)C(C(=O)N(CC=C)c3ccc4ccccc4c3)C23CC[C@]1(C)S3. The monoisotopic (exact) mass is 618 g/mol. The number of thioether (sulfide) groups is 1. The van der Waals surface area contributed by atoms with Crippen molar-refractivity contribution in [2.24, 2.45) is 11.8 Å². The van der Waals surface area contributed by atoms with Crippen LogP contribution in [0.3, 0.4) is 0 Å². The molecule has 2 aromatic rings. The molecule has 7 nitrogen and oxygen atoms in total. The summed E-state index contributed by atoms with van der Waals surface area (Å²) >= 11 is 1.68. The number of nitrogens with zero attached hydrogens (tertiary/aromatic N) is 2. The van der Waals surface area contributed by atoms with Crippen LogP contribution in [-0.2, 0) is 19.1 Å². The number of likely N-dealkylation sites (tertiary alicyclic amines) is 1. The lowest BCUT2D eigenvalue weighted by Crippen LogP contribution is -2.55. The second-order valence-electron chi connectivity index (χ2n) is 12.6. The molecule has 3 saturated heterocycles. The third-order valence-electron chi connectivity index (χ3n) is 9.74. The number of hydrogen-bond acceptors (Lipinski definition) is 6. The van der Waals surface area contributed by atoms with Gasteiger partial charge in [-0.3, -0.25) is 14.4 Å². The lowest BCUT2D eigenvalue weighted by atomic mass is 9.66. The predicted octanol–water partition coefficient (Wildman–Crippen LogP) is 6.29. The van der Waals surface area contributed by atoms with Crippen molar-refractivity contribution in [3.63, 3.8) is 0 Å². The van der Waals surface area contributed by atoms with Crippen LogP contribution in [0.15, 0.2) is 67.8 Å². The van der Waals surface area contributed by atoms with Crippen LogP contribution in [0.2, 0.25) is 0 Å². The highest BCUT2D eigenvalue weighted by atomic mass is 32.2. The molecule has 3 fully saturated rings. The van der Waals surface area contributed by atoms with E-state index >= 15 is 0 Å². The van der Waals surface area contributed by atoms with Gasteiger partial charge in [-0.25, -0.2) is 0 Å². The van der Waals surface area contributed by atoms with E-state index in [4.69, 9.17) is 4.74 Å². The van der Waals surface area contributed by atoms with Crippen molar-refractivity contribution in [1.82, 2.24) is 4.90 Å². The summed E-state index contributed by atoms with van der Waals surface area (Å²) in [6.07, 6.45) is 10.7. The minimum atomic E-state index is -0.698. The van der Waals surface area contributed by atoms with Gasteiger partial charge in [0.1, 0.15) is 6.04 Å². The molecule has 0 radical (unpaired) electrons. The largest absolute Gasteiger partial charge is 0.465 e. The van der Waals surface area contributed by atoms with Gasteiger partial charge >= 0.3 is 5.97 Å². The van der Waals surface area contributed by atoms with Gasteiger partial charge in [0.05, 0.1) is 23.2 Å². The third-order valence-corrected chi connectivity index (χ3v) is 11.7. The molecule has 3 heterocycles. The molecule has 44 heavy (non-hydrogen) atoms. The molecular formula is C36H46N2O5S.